The van der Waals surface area contributed by atoms with E-state index in [9.17, 15) is 4.79 Å². The van der Waals surface area contributed by atoms with Crippen molar-refractivity contribution < 1.29 is 4.79 Å². The highest BCUT2D eigenvalue weighted by Gasteiger charge is 2.07. The van der Waals surface area contributed by atoms with Gasteiger partial charge in [0.2, 0.25) is 0 Å². The fraction of sp³-hybridized carbons (Fsp3) is 0.222. The van der Waals surface area contributed by atoms with Gasteiger partial charge in [0.25, 0.3) is 0 Å². The number of carbonyl (C=O) groups excluding carboxylic acids is 1. The molecule has 3 heteroatoms. The predicted octanol–water partition coefficient (Wildman–Crippen LogP) is 3.26. The maximum atomic E-state index is 11.4. The van der Waals surface area contributed by atoms with Crippen molar-refractivity contribution in [2.45, 2.75) is 6.42 Å². The van der Waals surface area contributed by atoms with E-state index in [0.717, 1.165) is 4.47 Å². The molecule has 0 unspecified atom stereocenters. The molecule has 0 aliphatic rings. The van der Waals surface area contributed by atoms with Crippen molar-refractivity contribution in [1.82, 2.24) is 0 Å². The molecule has 0 saturated carbocycles. The number of rotatable bonds is 3. The lowest BCUT2D eigenvalue weighted by Crippen LogP contribution is -2.00. The molecule has 12 heavy (non-hydrogen) atoms. The Hall–Kier alpha value is -0.340. The van der Waals surface area contributed by atoms with Gasteiger partial charge < -0.3 is 0 Å². The van der Waals surface area contributed by atoms with Gasteiger partial charge in [0.15, 0.2) is 5.78 Å². The average molecular weight is 248 g/mol. The van der Waals surface area contributed by atoms with Crippen LogP contribution in [0.5, 0.6) is 0 Å². The first kappa shape index (κ1) is 9.75. The normalized spacial score (nSPS) is 9.83. The maximum absolute atomic E-state index is 11.4. The Morgan fingerprint density at radius 2 is 2.08 bits per heavy atom. The van der Waals surface area contributed by atoms with E-state index < -0.39 is 0 Å². The van der Waals surface area contributed by atoms with Crippen LogP contribution in [-0.4, -0.2) is 11.7 Å². The minimum absolute atomic E-state index is 0.0810. The van der Waals surface area contributed by atoms with Crippen LogP contribution >= 0.6 is 27.5 Å². The summed E-state index contributed by atoms with van der Waals surface area (Å²) in [5, 5.41) is 0. The monoisotopic (exact) mass is 246 g/mol. The van der Waals surface area contributed by atoms with E-state index in [2.05, 4.69) is 15.9 Å². The Labute approximate surface area is 84.9 Å². The van der Waals surface area contributed by atoms with Crippen LogP contribution in [0.15, 0.2) is 28.7 Å². The van der Waals surface area contributed by atoms with E-state index >= 15 is 0 Å². The van der Waals surface area contributed by atoms with Gasteiger partial charge in [-0.1, -0.05) is 34.1 Å². The molecule has 0 amide bonds. The average Bonchev–Trinajstić information content (AvgIpc) is 2.05. The van der Waals surface area contributed by atoms with Gasteiger partial charge in [0.1, 0.15) is 0 Å². The van der Waals surface area contributed by atoms with Crippen molar-refractivity contribution in [2.75, 3.05) is 5.88 Å². The lowest BCUT2D eigenvalue weighted by molar-refractivity contribution is 0.0988. The van der Waals surface area contributed by atoms with Crippen LogP contribution in [0.3, 0.4) is 0 Å². The first-order valence-electron chi connectivity index (χ1n) is 3.59. The van der Waals surface area contributed by atoms with Gasteiger partial charge in [0.05, 0.1) is 0 Å². The molecule has 1 nitrogen and oxygen atoms in total. The summed E-state index contributed by atoms with van der Waals surface area (Å²) >= 11 is 8.77. The summed E-state index contributed by atoms with van der Waals surface area (Å²) in [6.07, 6.45) is 0.393. The van der Waals surface area contributed by atoms with Crippen molar-refractivity contribution >= 4 is 33.3 Å². The third-order valence-electron chi connectivity index (χ3n) is 1.50. The second-order valence-corrected chi connectivity index (χ2v) is 3.57. The number of hydrogen-bond donors (Lipinski definition) is 0. The molecule has 0 aliphatic heterocycles. The number of hydrogen-bond acceptors (Lipinski definition) is 1. The van der Waals surface area contributed by atoms with Crippen molar-refractivity contribution in [3.05, 3.63) is 34.3 Å². The number of alkyl halides is 1. The molecule has 0 aromatic heterocycles. The zero-order valence-electron chi connectivity index (χ0n) is 6.39. The van der Waals surface area contributed by atoms with E-state index in [1.807, 2.05) is 18.2 Å². The molecule has 0 aliphatic carbocycles. The molecular formula is C9H8BrClO. The van der Waals surface area contributed by atoms with E-state index in [1.54, 1.807) is 6.07 Å². The Morgan fingerprint density at radius 3 is 2.67 bits per heavy atom. The second kappa shape index (κ2) is 4.63. The van der Waals surface area contributed by atoms with E-state index in [4.69, 9.17) is 11.6 Å². The quantitative estimate of drug-likeness (QED) is 0.592. The van der Waals surface area contributed by atoms with Crippen LogP contribution in [0.4, 0.5) is 0 Å². The summed E-state index contributed by atoms with van der Waals surface area (Å²) in [6.45, 7) is 0. The highest BCUT2D eigenvalue weighted by molar-refractivity contribution is 9.10. The SMILES string of the molecule is O=C(CCCl)c1ccccc1Br. The van der Waals surface area contributed by atoms with E-state index in [-0.39, 0.29) is 5.78 Å². The second-order valence-electron chi connectivity index (χ2n) is 2.34. The van der Waals surface area contributed by atoms with Crippen LogP contribution in [-0.2, 0) is 0 Å². The lowest BCUT2D eigenvalue weighted by atomic mass is 10.1. The van der Waals surface area contributed by atoms with Crippen LogP contribution in [0, 0.1) is 0 Å². The molecule has 0 fully saturated rings. The summed E-state index contributed by atoms with van der Waals surface area (Å²) in [6, 6.07) is 7.36. The van der Waals surface area contributed by atoms with Gasteiger partial charge in [0, 0.05) is 22.3 Å². The third kappa shape index (κ3) is 2.32. The highest BCUT2D eigenvalue weighted by atomic mass is 79.9. The van der Waals surface area contributed by atoms with Crippen LogP contribution in [0.1, 0.15) is 16.8 Å². The van der Waals surface area contributed by atoms with Gasteiger partial charge >= 0.3 is 0 Å². The molecule has 0 heterocycles. The van der Waals surface area contributed by atoms with Crippen molar-refractivity contribution in [1.29, 1.82) is 0 Å². The van der Waals surface area contributed by atoms with Crippen LogP contribution in [0.2, 0.25) is 0 Å². The van der Waals surface area contributed by atoms with Crippen LogP contribution < -0.4 is 0 Å². The third-order valence-corrected chi connectivity index (χ3v) is 2.38. The standard InChI is InChI=1S/C9H8BrClO/c10-8-4-2-1-3-7(8)9(12)5-6-11/h1-4H,5-6H2. The van der Waals surface area contributed by atoms with Crippen molar-refractivity contribution in [3.8, 4) is 0 Å². The van der Waals surface area contributed by atoms with E-state index in [0.29, 0.717) is 17.9 Å². The molecule has 0 atom stereocenters. The molecule has 64 valence electrons. The Kier molecular flexibility index (Phi) is 3.76. The smallest absolute Gasteiger partial charge is 0.165 e. The fourth-order valence-electron chi connectivity index (χ4n) is 0.908. The Morgan fingerprint density at radius 1 is 1.42 bits per heavy atom. The van der Waals surface area contributed by atoms with Gasteiger partial charge in [-0.05, 0) is 6.07 Å². The Bertz CT molecular complexity index is 286. The lowest BCUT2D eigenvalue weighted by Gasteiger charge is -2.00. The van der Waals surface area contributed by atoms with Gasteiger partial charge in [-0.3, -0.25) is 4.79 Å². The molecule has 0 N–H and O–H groups in total. The van der Waals surface area contributed by atoms with Crippen molar-refractivity contribution in [2.24, 2.45) is 0 Å². The molecule has 1 rings (SSSR count). The fourth-order valence-corrected chi connectivity index (χ4v) is 1.59. The zero-order chi connectivity index (χ0) is 8.97. The summed E-state index contributed by atoms with van der Waals surface area (Å²) in [4.78, 5) is 11.4. The number of ketones is 1. The van der Waals surface area contributed by atoms with Gasteiger partial charge in [-0.2, -0.15) is 0 Å². The predicted molar refractivity (Wildman–Crippen MR) is 53.8 cm³/mol. The Balaban J connectivity index is 2.87. The molecule has 0 bridgehead atoms. The summed E-state index contributed by atoms with van der Waals surface area (Å²) < 4.78 is 0.833. The summed E-state index contributed by atoms with van der Waals surface area (Å²) in [7, 11) is 0. The largest absolute Gasteiger partial charge is 0.294 e. The van der Waals surface area contributed by atoms with Crippen LogP contribution in [0.25, 0.3) is 0 Å². The molecule has 0 spiro atoms. The summed E-state index contributed by atoms with van der Waals surface area (Å²) in [5.74, 6) is 0.456. The molecule has 1 aromatic rings. The van der Waals surface area contributed by atoms with Gasteiger partial charge in [-0.25, -0.2) is 0 Å². The first-order chi connectivity index (χ1) is 5.75. The zero-order valence-corrected chi connectivity index (χ0v) is 8.73. The summed E-state index contributed by atoms with van der Waals surface area (Å²) in [5.41, 5.74) is 0.707. The number of halogens is 2. The highest BCUT2D eigenvalue weighted by Crippen LogP contribution is 2.17. The maximum Gasteiger partial charge on any atom is 0.165 e. The minimum Gasteiger partial charge on any atom is -0.294 e. The molecule has 0 radical (unpaired) electrons. The molecular weight excluding hydrogens is 239 g/mol. The first-order valence-corrected chi connectivity index (χ1v) is 4.92. The van der Waals surface area contributed by atoms with Gasteiger partial charge in [-0.15, -0.1) is 11.6 Å². The number of carbonyl (C=O) groups is 1. The number of benzene rings is 1. The van der Waals surface area contributed by atoms with E-state index in [1.165, 1.54) is 0 Å². The number of Topliss-reactive ketones (excluding diaryl/α,β-unsaturated/α-hetero) is 1. The van der Waals surface area contributed by atoms with Crippen molar-refractivity contribution in [3.63, 3.8) is 0 Å². The topological polar surface area (TPSA) is 17.1 Å². The molecule has 0 saturated heterocycles. The molecule has 1 aromatic carbocycles. The minimum atomic E-state index is 0.0810.